The molecule has 2 heteroatoms. The van der Waals surface area contributed by atoms with Crippen LogP contribution in [0.15, 0.2) is 29.8 Å². The van der Waals surface area contributed by atoms with Crippen LogP contribution in [0.4, 0.5) is 0 Å². The Hall–Kier alpha value is -1.12. The second-order valence-electron chi connectivity index (χ2n) is 8.62. The van der Waals surface area contributed by atoms with Gasteiger partial charge in [0.05, 0.1) is 6.10 Å². The molecule has 24 heavy (non-hydrogen) atoms. The molecule has 3 rings (SSSR count). The molecular weight excluding hydrogens is 294 g/mol. The van der Waals surface area contributed by atoms with Crippen LogP contribution in [0.1, 0.15) is 76.5 Å². The van der Waals surface area contributed by atoms with Crippen LogP contribution in [0.3, 0.4) is 0 Å². The lowest BCUT2D eigenvalue weighted by Crippen LogP contribution is -2.44. The molecule has 1 unspecified atom stereocenters. The Morgan fingerprint density at radius 1 is 1.04 bits per heavy atom. The van der Waals surface area contributed by atoms with Crippen LogP contribution >= 0.6 is 0 Å². The van der Waals surface area contributed by atoms with Crippen LogP contribution in [0.5, 0.6) is 0 Å². The van der Waals surface area contributed by atoms with Crippen LogP contribution in [0.25, 0.3) is 6.08 Å². The van der Waals surface area contributed by atoms with Crippen LogP contribution in [-0.4, -0.2) is 28.6 Å². The number of hydrogen-bond donors (Lipinski definition) is 1. The van der Waals surface area contributed by atoms with Crippen LogP contribution in [0.2, 0.25) is 0 Å². The first-order valence-corrected chi connectivity index (χ1v) is 9.66. The molecule has 1 atom stereocenters. The number of aliphatic hydroxyl groups excluding tert-OH is 1. The van der Waals surface area contributed by atoms with Crippen molar-refractivity contribution in [3.05, 3.63) is 41.0 Å². The molecule has 1 aliphatic heterocycles. The minimum Gasteiger partial charge on any atom is -0.388 e. The third-order valence-electron chi connectivity index (χ3n) is 5.85. The summed E-state index contributed by atoms with van der Waals surface area (Å²) in [5, 5.41) is 10.5. The fourth-order valence-electron chi connectivity index (χ4n) is 4.18. The summed E-state index contributed by atoms with van der Waals surface area (Å²) in [5.41, 5.74) is 4.20. The van der Waals surface area contributed by atoms with Gasteiger partial charge in [0.25, 0.3) is 0 Å². The first-order chi connectivity index (χ1) is 11.4. The van der Waals surface area contributed by atoms with Crippen LogP contribution < -0.4 is 0 Å². The van der Waals surface area contributed by atoms with Gasteiger partial charge in [-0.3, -0.25) is 4.90 Å². The predicted molar refractivity (Wildman–Crippen MR) is 102 cm³/mol. The van der Waals surface area contributed by atoms with Crippen molar-refractivity contribution in [3.63, 3.8) is 0 Å². The number of benzene rings is 1. The molecule has 2 aliphatic rings. The molecular formula is C22H33NO. The maximum Gasteiger partial charge on any atom is 0.0818 e. The highest BCUT2D eigenvalue weighted by Gasteiger charge is 2.25. The summed E-state index contributed by atoms with van der Waals surface area (Å²) < 4.78 is 0. The smallest absolute Gasteiger partial charge is 0.0818 e. The normalized spacial score (nSPS) is 21.9. The molecule has 0 amide bonds. The van der Waals surface area contributed by atoms with Gasteiger partial charge in [-0.2, -0.15) is 0 Å². The van der Waals surface area contributed by atoms with Gasteiger partial charge in [-0.15, -0.1) is 0 Å². The minimum absolute atomic E-state index is 0.274. The van der Waals surface area contributed by atoms with Gasteiger partial charge in [0, 0.05) is 18.6 Å². The van der Waals surface area contributed by atoms with Crippen molar-refractivity contribution in [3.8, 4) is 0 Å². The number of nitrogens with zero attached hydrogens (tertiary/aromatic N) is 1. The molecule has 0 radical (unpaired) electrons. The molecule has 1 aromatic rings. The van der Waals surface area contributed by atoms with E-state index in [0.717, 1.165) is 18.7 Å². The van der Waals surface area contributed by atoms with E-state index in [1.807, 2.05) is 0 Å². The van der Waals surface area contributed by atoms with E-state index in [4.69, 9.17) is 0 Å². The highest BCUT2D eigenvalue weighted by Crippen LogP contribution is 2.35. The number of piperidine rings is 1. The van der Waals surface area contributed by atoms with E-state index in [9.17, 15) is 5.11 Å². The zero-order valence-electron chi connectivity index (χ0n) is 15.6. The fourth-order valence-corrected chi connectivity index (χ4v) is 4.18. The summed E-state index contributed by atoms with van der Waals surface area (Å²) in [5.74, 6) is 0.468. The van der Waals surface area contributed by atoms with Gasteiger partial charge in [0.15, 0.2) is 0 Å². The maximum atomic E-state index is 10.5. The fraction of sp³-hybridized carbons (Fsp3) is 0.636. The lowest BCUT2D eigenvalue weighted by molar-refractivity contribution is 0.111. The summed E-state index contributed by atoms with van der Waals surface area (Å²) in [7, 11) is 0. The van der Waals surface area contributed by atoms with Gasteiger partial charge >= 0.3 is 0 Å². The summed E-state index contributed by atoms with van der Waals surface area (Å²) in [6.45, 7) is 9.23. The first kappa shape index (κ1) is 17.7. The largest absolute Gasteiger partial charge is 0.388 e. The lowest BCUT2D eigenvalue weighted by Gasteiger charge is -2.39. The average molecular weight is 328 g/mol. The zero-order chi connectivity index (χ0) is 17.2. The van der Waals surface area contributed by atoms with Crippen molar-refractivity contribution in [2.75, 3.05) is 13.1 Å². The summed E-state index contributed by atoms with van der Waals surface area (Å²) in [6, 6.07) is 8.60. The third-order valence-corrected chi connectivity index (χ3v) is 5.85. The quantitative estimate of drug-likeness (QED) is 0.826. The van der Waals surface area contributed by atoms with Crippen molar-refractivity contribution < 1.29 is 5.11 Å². The predicted octanol–water partition coefficient (Wildman–Crippen LogP) is 5.19. The van der Waals surface area contributed by atoms with Gasteiger partial charge in [-0.1, -0.05) is 48.8 Å². The molecule has 2 fully saturated rings. The molecule has 1 aromatic carbocycles. The molecule has 132 valence electrons. The second-order valence-corrected chi connectivity index (χ2v) is 8.62. The standard InChI is InChI=1S/C22H33NO/c1-22(2,3)23-14-12-18(13-15-23)16-17-8-10-20(11-9-17)21(24)19-6-4-5-7-19/h8-11,16,19,21,24H,4-7,12-15H2,1-3H3. The van der Waals surface area contributed by atoms with E-state index < -0.39 is 0 Å². The zero-order valence-corrected chi connectivity index (χ0v) is 15.6. The van der Waals surface area contributed by atoms with E-state index in [0.29, 0.717) is 5.92 Å². The van der Waals surface area contributed by atoms with E-state index in [1.165, 1.54) is 44.1 Å². The lowest BCUT2D eigenvalue weighted by atomic mass is 9.93. The van der Waals surface area contributed by atoms with Crippen molar-refractivity contribution in [1.29, 1.82) is 0 Å². The van der Waals surface area contributed by atoms with E-state index in [2.05, 4.69) is 56.0 Å². The Bertz CT molecular complexity index is 551. The molecule has 0 aromatic heterocycles. The minimum atomic E-state index is -0.274. The number of likely N-dealkylation sites (tertiary alicyclic amines) is 1. The van der Waals surface area contributed by atoms with Gasteiger partial charge in [0.1, 0.15) is 0 Å². The van der Waals surface area contributed by atoms with E-state index in [1.54, 1.807) is 5.57 Å². The average Bonchev–Trinajstić information content (AvgIpc) is 3.09. The Balaban J connectivity index is 1.60. The van der Waals surface area contributed by atoms with Crippen molar-refractivity contribution in [1.82, 2.24) is 4.90 Å². The molecule has 2 nitrogen and oxygen atoms in total. The maximum absolute atomic E-state index is 10.5. The van der Waals surface area contributed by atoms with Gasteiger partial charge in [0.2, 0.25) is 0 Å². The Labute approximate surface area is 147 Å². The molecule has 0 bridgehead atoms. The van der Waals surface area contributed by atoms with Gasteiger partial charge in [-0.05, 0) is 63.5 Å². The number of aliphatic hydroxyl groups is 1. The molecule has 1 heterocycles. The first-order valence-electron chi connectivity index (χ1n) is 9.66. The topological polar surface area (TPSA) is 23.5 Å². The summed E-state index contributed by atoms with van der Waals surface area (Å²) in [6.07, 6.45) is 9.33. The highest BCUT2D eigenvalue weighted by molar-refractivity contribution is 5.53. The summed E-state index contributed by atoms with van der Waals surface area (Å²) >= 11 is 0. The van der Waals surface area contributed by atoms with Crippen molar-refractivity contribution >= 4 is 6.08 Å². The Morgan fingerprint density at radius 3 is 2.17 bits per heavy atom. The molecule has 0 spiro atoms. The van der Waals surface area contributed by atoms with Gasteiger partial charge < -0.3 is 5.11 Å². The number of rotatable bonds is 3. The van der Waals surface area contributed by atoms with Crippen molar-refractivity contribution in [2.45, 2.75) is 70.9 Å². The van der Waals surface area contributed by atoms with Crippen LogP contribution in [0, 0.1) is 5.92 Å². The SMILES string of the molecule is CC(C)(C)N1CCC(=Cc2ccc(C(O)C3CCCC3)cc2)CC1. The van der Waals surface area contributed by atoms with Crippen LogP contribution in [-0.2, 0) is 0 Å². The van der Waals surface area contributed by atoms with E-state index in [-0.39, 0.29) is 11.6 Å². The van der Waals surface area contributed by atoms with Gasteiger partial charge in [-0.25, -0.2) is 0 Å². The monoisotopic (exact) mass is 327 g/mol. The summed E-state index contributed by atoms with van der Waals surface area (Å²) in [4.78, 5) is 2.57. The molecule has 1 N–H and O–H groups in total. The third kappa shape index (κ3) is 4.29. The second kappa shape index (κ2) is 7.41. The Kier molecular flexibility index (Phi) is 5.46. The molecule has 1 saturated heterocycles. The highest BCUT2D eigenvalue weighted by atomic mass is 16.3. The molecule has 1 aliphatic carbocycles. The Morgan fingerprint density at radius 2 is 1.62 bits per heavy atom. The molecule has 1 saturated carbocycles. The van der Waals surface area contributed by atoms with Crippen molar-refractivity contribution in [2.24, 2.45) is 5.92 Å². The number of hydrogen-bond acceptors (Lipinski definition) is 2. The van der Waals surface area contributed by atoms with E-state index >= 15 is 0 Å².